The molecule has 0 amide bonds. The molecule has 2 aliphatic carbocycles. The molecule has 0 radical (unpaired) electrons. The highest BCUT2D eigenvalue weighted by molar-refractivity contribution is 7.17. The molecule has 3 rings (SSSR count). The molecular formula is C16H24N2OS. The lowest BCUT2D eigenvalue weighted by atomic mass is 9.78. The van der Waals surface area contributed by atoms with Crippen LogP contribution in [-0.2, 0) is 6.42 Å². The Morgan fingerprint density at radius 2 is 2.00 bits per heavy atom. The zero-order chi connectivity index (χ0) is 14.3. The largest absolute Gasteiger partial charge is 0.351 e. The van der Waals surface area contributed by atoms with Crippen LogP contribution in [0.5, 0.6) is 0 Å². The summed E-state index contributed by atoms with van der Waals surface area (Å²) in [7, 11) is 2.12. The molecule has 1 aromatic rings. The molecule has 0 bridgehead atoms. The zero-order valence-corrected chi connectivity index (χ0v) is 13.6. The van der Waals surface area contributed by atoms with E-state index < -0.39 is 0 Å². The van der Waals surface area contributed by atoms with Gasteiger partial charge in [0.05, 0.1) is 10.6 Å². The summed E-state index contributed by atoms with van der Waals surface area (Å²) in [5, 5.41) is 1.04. The highest BCUT2D eigenvalue weighted by Crippen LogP contribution is 2.39. The van der Waals surface area contributed by atoms with Crippen molar-refractivity contribution in [1.29, 1.82) is 0 Å². The fourth-order valence-electron chi connectivity index (χ4n) is 3.53. The number of nitrogens with zero attached hydrogens (tertiary/aromatic N) is 2. The van der Waals surface area contributed by atoms with Gasteiger partial charge in [0.15, 0.2) is 10.9 Å². The summed E-state index contributed by atoms with van der Waals surface area (Å²) in [5.41, 5.74) is 1.10. The molecule has 20 heavy (non-hydrogen) atoms. The number of thiazole rings is 1. The molecule has 1 heterocycles. The lowest BCUT2D eigenvalue weighted by molar-refractivity contribution is 0.0916. The summed E-state index contributed by atoms with van der Waals surface area (Å²) in [6.07, 6.45) is 7.04. The van der Waals surface area contributed by atoms with Crippen molar-refractivity contribution in [3.8, 4) is 0 Å². The highest BCUT2D eigenvalue weighted by atomic mass is 32.1. The van der Waals surface area contributed by atoms with Crippen LogP contribution in [0.4, 0.5) is 5.13 Å². The fourth-order valence-corrected chi connectivity index (χ4v) is 4.52. The molecule has 2 aliphatic rings. The van der Waals surface area contributed by atoms with Gasteiger partial charge in [0, 0.05) is 20.0 Å². The van der Waals surface area contributed by atoms with Crippen molar-refractivity contribution >= 4 is 22.3 Å². The number of aromatic nitrogens is 1. The first-order valence-electron chi connectivity index (χ1n) is 7.69. The van der Waals surface area contributed by atoms with Crippen molar-refractivity contribution in [2.24, 2.45) is 11.3 Å². The van der Waals surface area contributed by atoms with Crippen LogP contribution in [0.2, 0.25) is 0 Å². The second-order valence-corrected chi connectivity index (χ2v) is 8.22. The third-order valence-electron chi connectivity index (χ3n) is 4.56. The second-order valence-electron chi connectivity index (χ2n) is 7.24. The average molecular weight is 292 g/mol. The predicted octanol–water partition coefficient (Wildman–Crippen LogP) is 3.92. The zero-order valence-electron chi connectivity index (χ0n) is 12.7. The van der Waals surface area contributed by atoms with Crippen LogP contribution < -0.4 is 4.90 Å². The van der Waals surface area contributed by atoms with Gasteiger partial charge in [-0.3, -0.25) is 4.79 Å². The topological polar surface area (TPSA) is 33.2 Å². The first-order chi connectivity index (χ1) is 9.44. The van der Waals surface area contributed by atoms with Crippen LogP contribution in [0.1, 0.15) is 61.3 Å². The average Bonchev–Trinajstić information content (AvgIpc) is 2.96. The molecule has 4 heteroatoms. The summed E-state index contributed by atoms with van der Waals surface area (Å²) >= 11 is 1.60. The normalized spacial score (nSPS) is 22.1. The Morgan fingerprint density at radius 3 is 2.70 bits per heavy atom. The Hall–Kier alpha value is -0.900. The van der Waals surface area contributed by atoms with Crippen molar-refractivity contribution in [3.05, 3.63) is 10.6 Å². The van der Waals surface area contributed by atoms with Gasteiger partial charge in [0.1, 0.15) is 0 Å². The van der Waals surface area contributed by atoms with E-state index >= 15 is 0 Å². The van der Waals surface area contributed by atoms with Gasteiger partial charge in [-0.15, -0.1) is 0 Å². The summed E-state index contributed by atoms with van der Waals surface area (Å²) in [6.45, 7) is 5.41. The molecule has 0 atom stereocenters. The number of anilines is 1. The van der Waals surface area contributed by atoms with E-state index in [1.165, 1.54) is 25.7 Å². The van der Waals surface area contributed by atoms with E-state index in [9.17, 15) is 4.79 Å². The highest BCUT2D eigenvalue weighted by Gasteiger charge is 2.34. The summed E-state index contributed by atoms with van der Waals surface area (Å²) in [6, 6.07) is 0. The number of carbonyl (C=O) groups excluding carboxylic acids is 1. The fraction of sp³-hybridized carbons (Fsp3) is 0.750. The minimum atomic E-state index is 0.0689. The van der Waals surface area contributed by atoms with Crippen LogP contribution in [0.3, 0.4) is 0 Å². The van der Waals surface area contributed by atoms with Crippen molar-refractivity contribution in [3.63, 3.8) is 0 Å². The standard InChI is InChI=1S/C16H24N2OS/c1-16(2)8-12-14(13(19)9-16)20-15(17-12)18(3)10-11-6-4-5-7-11/h11H,4-10H2,1-3H3. The van der Waals surface area contributed by atoms with Gasteiger partial charge in [0.25, 0.3) is 0 Å². The van der Waals surface area contributed by atoms with E-state index in [-0.39, 0.29) is 11.2 Å². The second kappa shape index (κ2) is 5.14. The van der Waals surface area contributed by atoms with Gasteiger partial charge < -0.3 is 4.90 Å². The molecule has 0 N–H and O–H groups in total. The van der Waals surface area contributed by atoms with Gasteiger partial charge >= 0.3 is 0 Å². The maximum absolute atomic E-state index is 12.2. The first kappa shape index (κ1) is 14.1. The quantitative estimate of drug-likeness (QED) is 0.846. The van der Waals surface area contributed by atoms with Gasteiger partial charge in [-0.1, -0.05) is 38.0 Å². The van der Waals surface area contributed by atoms with E-state index in [4.69, 9.17) is 4.98 Å². The van der Waals surface area contributed by atoms with Crippen LogP contribution in [0, 0.1) is 11.3 Å². The number of ketones is 1. The van der Waals surface area contributed by atoms with Gasteiger partial charge in [-0.05, 0) is 30.6 Å². The molecule has 0 spiro atoms. The Labute approximate surface area is 125 Å². The Balaban J connectivity index is 1.77. The van der Waals surface area contributed by atoms with Crippen molar-refractivity contribution < 1.29 is 4.79 Å². The molecular weight excluding hydrogens is 268 g/mol. The molecule has 3 nitrogen and oxygen atoms in total. The molecule has 1 fully saturated rings. The molecule has 110 valence electrons. The van der Waals surface area contributed by atoms with Gasteiger partial charge in [-0.2, -0.15) is 0 Å². The number of Topliss-reactive ketones (excluding diaryl/α,β-unsaturated/α-hetero) is 1. The summed E-state index contributed by atoms with van der Waals surface area (Å²) in [5.74, 6) is 1.10. The van der Waals surface area contributed by atoms with E-state index in [1.54, 1.807) is 11.3 Å². The number of hydrogen-bond donors (Lipinski definition) is 0. The Bertz CT molecular complexity index is 515. The van der Waals surface area contributed by atoms with Crippen molar-refractivity contribution in [2.45, 2.75) is 52.4 Å². The molecule has 0 saturated heterocycles. The third-order valence-corrected chi connectivity index (χ3v) is 5.81. The van der Waals surface area contributed by atoms with Crippen LogP contribution in [0.15, 0.2) is 0 Å². The summed E-state index contributed by atoms with van der Waals surface area (Å²) in [4.78, 5) is 20.2. The lowest BCUT2D eigenvalue weighted by Crippen LogP contribution is -2.26. The summed E-state index contributed by atoms with van der Waals surface area (Å²) < 4.78 is 0. The number of fused-ring (bicyclic) bond motifs is 1. The number of carbonyl (C=O) groups is 1. The van der Waals surface area contributed by atoms with Crippen LogP contribution in [0.25, 0.3) is 0 Å². The maximum atomic E-state index is 12.2. The van der Waals surface area contributed by atoms with Crippen LogP contribution >= 0.6 is 11.3 Å². The van der Waals surface area contributed by atoms with E-state index in [0.29, 0.717) is 6.42 Å². The Kier molecular flexibility index (Phi) is 3.61. The SMILES string of the molecule is CN(CC1CCCC1)c1nc2c(s1)C(=O)CC(C)(C)C2. The van der Waals surface area contributed by atoms with E-state index in [1.807, 2.05) is 0 Å². The van der Waals surface area contributed by atoms with E-state index in [0.717, 1.165) is 34.6 Å². The van der Waals surface area contributed by atoms with Crippen LogP contribution in [-0.4, -0.2) is 24.4 Å². The molecule has 0 unspecified atom stereocenters. The first-order valence-corrected chi connectivity index (χ1v) is 8.50. The molecule has 0 aromatic carbocycles. The Morgan fingerprint density at radius 1 is 1.30 bits per heavy atom. The number of rotatable bonds is 3. The predicted molar refractivity (Wildman–Crippen MR) is 83.8 cm³/mol. The minimum absolute atomic E-state index is 0.0689. The molecule has 1 saturated carbocycles. The minimum Gasteiger partial charge on any atom is -0.351 e. The van der Waals surface area contributed by atoms with E-state index in [2.05, 4.69) is 25.8 Å². The number of hydrogen-bond acceptors (Lipinski definition) is 4. The lowest BCUT2D eigenvalue weighted by Gasteiger charge is -2.26. The van der Waals surface area contributed by atoms with Gasteiger partial charge in [0.2, 0.25) is 0 Å². The molecule has 1 aromatic heterocycles. The monoisotopic (exact) mass is 292 g/mol. The third kappa shape index (κ3) is 2.76. The van der Waals surface area contributed by atoms with Gasteiger partial charge in [-0.25, -0.2) is 4.98 Å². The smallest absolute Gasteiger partial charge is 0.185 e. The van der Waals surface area contributed by atoms with Crippen molar-refractivity contribution in [1.82, 2.24) is 4.98 Å². The molecule has 0 aliphatic heterocycles. The maximum Gasteiger partial charge on any atom is 0.185 e. The van der Waals surface area contributed by atoms with Crippen molar-refractivity contribution in [2.75, 3.05) is 18.5 Å².